The second kappa shape index (κ2) is 4.77. The molecule has 1 aliphatic rings. The van der Waals surface area contributed by atoms with Crippen molar-refractivity contribution in [3.8, 4) is 0 Å². The van der Waals surface area contributed by atoms with Gasteiger partial charge in [0.15, 0.2) is 0 Å². The summed E-state index contributed by atoms with van der Waals surface area (Å²) < 4.78 is 2.09. The van der Waals surface area contributed by atoms with Crippen molar-refractivity contribution in [2.75, 3.05) is 19.6 Å². The van der Waals surface area contributed by atoms with E-state index in [9.17, 15) is 0 Å². The maximum absolute atomic E-state index is 4.44. The van der Waals surface area contributed by atoms with E-state index in [2.05, 4.69) is 33.4 Å². The SMILES string of the molecule is Cc1cc(C)n(CCCNC2CNC2)n1. The molecule has 0 aliphatic carbocycles. The average molecular weight is 208 g/mol. The van der Waals surface area contributed by atoms with E-state index >= 15 is 0 Å². The van der Waals surface area contributed by atoms with E-state index in [1.165, 1.54) is 5.69 Å². The van der Waals surface area contributed by atoms with Crippen molar-refractivity contribution in [3.05, 3.63) is 17.5 Å². The molecule has 4 nitrogen and oxygen atoms in total. The molecule has 15 heavy (non-hydrogen) atoms. The van der Waals surface area contributed by atoms with Gasteiger partial charge in [-0.15, -0.1) is 0 Å². The van der Waals surface area contributed by atoms with Gasteiger partial charge in [-0.1, -0.05) is 0 Å². The molecule has 84 valence electrons. The van der Waals surface area contributed by atoms with Gasteiger partial charge in [-0.2, -0.15) is 5.10 Å². The lowest BCUT2D eigenvalue weighted by Crippen LogP contribution is -2.55. The highest BCUT2D eigenvalue weighted by molar-refractivity contribution is 5.06. The summed E-state index contributed by atoms with van der Waals surface area (Å²) in [5.41, 5.74) is 2.38. The van der Waals surface area contributed by atoms with Crippen molar-refractivity contribution >= 4 is 0 Å². The summed E-state index contributed by atoms with van der Waals surface area (Å²) in [6.45, 7) is 8.52. The average Bonchev–Trinajstić information content (AvgIpc) is 2.42. The number of nitrogens with one attached hydrogen (secondary N) is 2. The lowest BCUT2D eigenvalue weighted by molar-refractivity contribution is 0.360. The summed E-state index contributed by atoms with van der Waals surface area (Å²) in [6, 6.07) is 2.83. The fraction of sp³-hybridized carbons (Fsp3) is 0.727. The van der Waals surface area contributed by atoms with Crippen LogP contribution >= 0.6 is 0 Å². The standard InChI is InChI=1S/C11H20N4/c1-9-6-10(2)15(14-9)5-3-4-13-11-7-12-8-11/h6,11-13H,3-5,7-8H2,1-2H3. The van der Waals surface area contributed by atoms with Gasteiger partial charge in [0.2, 0.25) is 0 Å². The van der Waals surface area contributed by atoms with Crippen LogP contribution in [-0.4, -0.2) is 35.5 Å². The first-order valence-corrected chi connectivity index (χ1v) is 5.71. The van der Waals surface area contributed by atoms with Gasteiger partial charge in [0.05, 0.1) is 5.69 Å². The molecular weight excluding hydrogens is 188 g/mol. The first kappa shape index (κ1) is 10.6. The summed E-state index contributed by atoms with van der Waals surface area (Å²) in [6.07, 6.45) is 1.15. The van der Waals surface area contributed by atoms with Gasteiger partial charge in [-0.25, -0.2) is 0 Å². The van der Waals surface area contributed by atoms with Gasteiger partial charge >= 0.3 is 0 Å². The number of rotatable bonds is 5. The summed E-state index contributed by atoms with van der Waals surface area (Å²) in [7, 11) is 0. The normalized spacial score (nSPS) is 16.7. The molecule has 1 aromatic heterocycles. The van der Waals surface area contributed by atoms with Gasteiger partial charge in [-0.05, 0) is 32.9 Å². The molecule has 1 aliphatic heterocycles. The lowest BCUT2D eigenvalue weighted by atomic mass is 10.2. The Balaban J connectivity index is 1.66. The number of nitrogens with zero attached hydrogens (tertiary/aromatic N) is 2. The molecule has 2 rings (SSSR count). The van der Waals surface area contributed by atoms with Gasteiger partial charge < -0.3 is 10.6 Å². The Hall–Kier alpha value is -0.870. The smallest absolute Gasteiger partial charge is 0.0596 e. The molecule has 0 unspecified atom stereocenters. The third kappa shape index (κ3) is 2.79. The number of aromatic nitrogens is 2. The Bertz CT molecular complexity index is 314. The quantitative estimate of drug-likeness (QED) is 0.690. The number of aryl methyl sites for hydroxylation is 3. The van der Waals surface area contributed by atoms with E-state index in [1.54, 1.807) is 0 Å². The summed E-state index contributed by atoms with van der Waals surface area (Å²) >= 11 is 0. The molecule has 0 atom stereocenters. The largest absolute Gasteiger partial charge is 0.314 e. The van der Waals surface area contributed by atoms with E-state index in [0.717, 1.165) is 38.3 Å². The van der Waals surface area contributed by atoms with E-state index in [4.69, 9.17) is 0 Å². The molecule has 0 radical (unpaired) electrons. The van der Waals surface area contributed by atoms with Crippen molar-refractivity contribution in [1.82, 2.24) is 20.4 Å². The molecule has 0 bridgehead atoms. The third-order valence-electron chi connectivity index (χ3n) is 2.86. The van der Waals surface area contributed by atoms with Crippen LogP contribution in [0, 0.1) is 13.8 Å². The zero-order valence-electron chi connectivity index (χ0n) is 9.58. The molecule has 2 heterocycles. The Morgan fingerprint density at radius 3 is 2.87 bits per heavy atom. The topological polar surface area (TPSA) is 41.9 Å². The van der Waals surface area contributed by atoms with Gasteiger partial charge in [-0.3, -0.25) is 4.68 Å². The first-order valence-electron chi connectivity index (χ1n) is 5.71. The van der Waals surface area contributed by atoms with Crippen LogP contribution in [0.5, 0.6) is 0 Å². The van der Waals surface area contributed by atoms with Crippen molar-refractivity contribution in [2.24, 2.45) is 0 Å². The second-order valence-corrected chi connectivity index (χ2v) is 4.31. The Morgan fingerprint density at radius 2 is 2.33 bits per heavy atom. The van der Waals surface area contributed by atoms with Crippen LogP contribution in [0.2, 0.25) is 0 Å². The van der Waals surface area contributed by atoms with Crippen LogP contribution in [0.3, 0.4) is 0 Å². The highest BCUT2D eigenvalue weighted by atomic mass is 15.3. The minimum absolute atomic E-state index is 0.699. The molecule has 0 saturated carbocycles. The maximum Gasteiger partial charge on any atom is 0.0596 e. The predicted molar refractivity (Wildman–Crippen MR) is 61.0 cm³/mol. The van der Waals surface area contributed by atoms with Crippen LogP contribution < -0.4 is 10.6 Å². The summed E-state index contributed by atoms with van der Waals surface area (Å²) in [4.78, 5) is 0. The zero-order chi connectivity index (χ0) is 10.7. The third-order valence-corrected chi connectivity index (χ3v) is 2.86. The van der Waals surface area contributed by atoms with Gasteiger partial charge in [0.1, 0.15) is 0 Å². The van der Waals surface area contributed by atoms with Crippen LogP contribution in [0.1, 0.15) is 17.8 Å². The van der Waals surface area contributed by atoms with E-state index < -0.39 is 0 Å². The molecule has 0 spiro atoms. The monoisotopic (exact) mass is 208 g/mol. The molecule has 1 aromatic rings. The fourth-order valence-electron chi connectivity index (χ4n) is 1.87. The van der Waals surface area contributed by atoms with E-state index in [0.29, 0.717) is 6.04 Å². The number of hydrogen-bond acceptors (Lipinski definition) is 3. The van der Waals surface area contributed by atoms with Crippen molar-refractivity contribution < 1.29 is 0 Å². The van der Waals surface area contributed by atoms with Crippen molar-refractivity contribution in [3.63, 3.8) is 0 Å². The molecular formula is C11H20N4. The van der Waals surface area contributed by atoms with Gasteiger partial charge in [0.25, 0.3) is 0 Å². The van der Waals surface area contributed by atoms with Crippen LogP contribution in [-0.2, 0) is 6.54 Å². The van der Waals surface area contributed by atoms with Crippen LogP contribution in [0.15, 0.2) is 6.07 Å². The first-order chi connectivity index (χ1) is 7.25. The predicted octanol–water partition coefficient (Wildman–Crippen LogP) is 0.451. The Kier molecular flexibility index (Phi) is 3.38. The Morgan fingerprint density at radius 1 is 1.53 bits per heavy atom. The van der Waals surface area contributed by atoms with E-state index in [1.807, 2.05) is 6.92 Å². The molecule has 0 amide bonds. The van der Waals surface area contributed by atoms with Crippen molar-refractivity contribution in [2.45, 2.75) is 32.9 Å². The molecule has 0 aromatic carbocycles. The highest BCUT2D eigenvalue weighted by Crippen LogP contribution is 2.02. The van der Waals surface area contributed by atoms with Crippen LogP contribution in [0.25, 0.3) is 0 Å². The molecule has 2 N–H and O–H groups in total. The lowest BCUT2D eigenvalue weighted by Gasteiger charge is -2.28. The van der Waals surface area contributed by atoms with Crippen LogP contribution in [0.4, 0.5) is 0 Å². The highest BCUT2D eigenvalue weighted by Gasteiger charge is 2.14. The summed E-state index contributed by atoms with van der Waals surface area (Å²) in [5.74, 6) is 0. The van der Waals surface area contributed by atoms with Gasteiger partial charge in [0, 0.05) is 31.4 Å². The molecule has 1 fully saturated rings. The molecule has 1 saturated heterocycles. The minimum atomic E-state index is 0.699. The van der Waals surface area contributed by atoms with Crippen molar-refractivity contribution in [1.29, 1.82) is 0 Å². The van der Waals surface area contributed by atoms with E-state index in [-0.39, 0.29) is 0 Å². The maximum atomic E-state index is 4.44. The fourth-order valence-corrected chi connectivity index (χ4v) is 1.87. The zero-order valence-corrected chi connectivity index (χ0v) is 9.58. The second-order valence-electron chi connectivity index (χ2n) is 4.31. The molecule has 4 heteroatoms. The summed E-state index contributed by atoms with van der Waals surface area (Å²) in [5, 5.41) is 11.2. The minimum Gasteiger partial charge on any atom is -0.314 e. The number of hydrogen-bond donors (Lipinski definition) is 2. The Labute approximate surface area is 91.1 Å².